The number of carbonyl (C=O) groups excluding carboxylic acids is 2. The number of nitrogens with zero attached hydrogens (tertiary/aromatic N) is 1. The second kappa shape index (κ2) is 35.1. The molecule has 2 amide bonds. The normalized spacial score (nSPS) is 13.7. The molecule has 0 aliphatic carbocycles. The van der Waals surface area contributed by atoms with Crippen LogP contribution in [0.4, 0.5) is 0 Å². The van der Waals surface area contributed by atoms with Gasteiger partial charge in [0.15, 0.2) is 0 Å². The maximum Gasteiger partial charge on any atom is 1.00 e. The second-order valence-corrected chi connectivity index (χ2v) is 12.3. The number of imide groups is 1. The molecule has 0 aromatic heterocycles. The van der Waals surface area contributed by atoms with Gasteiger partial charge in [-0.05, 0) is 62.1 Å². The third-order valence-electron chi connectivity index (χ3n) is 7.65. The van der Waals surface area contributed by atoms with Gasteiger partial charge in [0.1, 0.15) is 0 Å². The summed E-state index contributed by atoms with van der Waals surface area (Å²) in [4.78, 5) is 35.8. The van der Waals surface area contributed by atoms with Crippen molar-refractivity contribution in [2.24, 2.45) is 29.4 Å². The molecule has 1 aliphatic heterocycles. The van der Waals surface area contributed by atoms with E-state index >= 15 is 0 Å². The number of hydrogen-bond donors (Lipinski definition) is 3. The van der Waals surface area contributed by atoms with E-state index in [2.05, 4.69) is 48.5 Å². The van der Waals surface area contributed by atoms with Crippen LogP contribution >= 0.6 is 0 Å². The molecule has 0 unspecified atom stereocenters. The van der Waals surface area contributed by atoms with Gasteiger partial charge in [0.25, 0.3) is 11.8 Å². The van der Waals surface area contributed by atoms with Crippen molar-refractivity contribution in [2.75, 3.05) is 19.7 Å². The molecule has 46 heavy (non-hydrogen) atoms. The minimum absolute atomic E-state index is 0. The Hall–Kier alpha value is -1.19. The summed E-state index contributed by atoms with van der Waals surface area (Å²) in [5.74, 6) is 0.489. The van der Waals surface area contributed by atoms with Crippen LogP contribution in [0.2, 0.25) is 0 Å². The zero-order valence-corrected chi connectivity index (χ0v) is 32.4. The van der Waals surface area contributed by atoms with Crippen LogP contribution in [0.5, 0.6) is 0 Å². The van der Waals surface area contributed by atoms with Crippen molar-refractivity contribution in [3.05, 3.63) is 35.4 Å². The molecule has 263 valence electrons. The Bertz CT molecular complexity index is 832. The summed E-state index contributed by atoms with van der Waals surface area (Å²) in [5.41, 5.74) is 6.51. The standard InChI is InChI=1S/C15H19NO2.C7H17N.C7H14O2.C7H16O.CH4.B.Na.H/c1-3-4-7-11(2)10-16-14(17)12-8-5-6-9-13(12)15(16)18;1-3-4-5-7(2)6-8;1-3-4-5-6(2)7(8)9;1-3-4-5-7(2)6-8;;;;/h5-6,8-9,11H,3-4,7,10H2,1-2H3;7H,3-6,8H2,1-2H3;6H,3-5H2,1-2H3,(H,8,9);7-8H,3-6H2,1-2H3;1H4;;;/q;;;;;;+1;-1/t11-;7-;6-;7-;;;;/m1111..../s1. The topological polar surface area (TPSA) is 121 Å². The molecule has 2 rings (SSSR count). The largest absolute Gasteiger partial charge is 1.00 e. The van der Waals surface area contributed by atoms with Crippen molar-refractivity contribution < 1.29 is 55.6 Å². The van der Waals surface area contributed by atoms with Crippen LogP contribution < -0.4 is 35.3 Å². The van der Waals surface area contributed by atoms with E-state index in [0.717, 1.165) is 51.0 Å². The van der Waals surface area contributed by atoms with Gasteiger partial charge in [-0.3, -0.25) is 19.3 Å². The van der Waals surface area contributed by atoms with E-state index in [-0.39, 0.29) is 64.6 Å². The van der Waals surface area contributed by atoms with Gasteiger partial charge in [-0.1, -0.05) is 126 Å². The van der Waals surface area contributed by atoms with Crippen LogP contribution in [0.3, 0.4) is 0 Å². The van der Waals surface area contributed by atoms with E-state index in [9.17, 15) is 14.4 Å². The number of nitrogens with two attached hydrogens (primary N) is 1. The fourth-order valence-electron chi connectivity index (χ4n) is 4.31. The molecule has 1 aliphatic rings. The molecule has 1 aromatic rings. The smallest absolute Gasteiger partial charge is 1.00 e. The summed E-state index contributed by atoms with van der Waals surface area (Å²) >= 11 is 0. The zero-order valence-electron chi connectivity index (χ0n) is 31.4. The SMILES string of the molecule is C.CCCC[C@@H](C)C(=O)O.CCCC[C@@H](C)CN.CCCC[C@@H](C)CN1C(=O)c2ccccc2C1=O.CCCC[C@@H](C)CO.[B].[H-].[Na+]. The summed E-state index contributed by atoms with van der Waals surface area (Å²) in [6.45, 7) is 18.4. The number of aliphatic carboxylic acids is 1. The molecule has 0 saturated heterocycles. The first-order valence-electron chi connectivity index (χ1n) is 16.9. The molecule has 7 nitrogen and oxygen atoms in total. The first-order valence-corrected chi connectivity index (χ1v) is 16.9. The number of carboxylic acid groups (broad SMARTS) is 1. The minimum Gasteiger partial charge on any atom is -1.00 e. The molecule has 0 saturated carbocycles. The number of carbonyl (C=O) groups is 3. The van der Waals surface area contributed by atoms with Crippen molar-refractivity contribution in [1.82, 2.24) is 4.90 Å². The zero-order chi connectivity index (χ0) is 33.2. The Labute approximate surface area is 309 Å². The first kappa shape index (κ1) is 54.3. The summed E-state index contributed by atoms with van der Waals surface area (Å²) in [7, 11) is 0. The first-order chi connectivity index (χ1) is 20.4. The number of benzene rings is 1. The van der Waals surface area contributed by atoms with Crippen LogP contribution in [-0.2, 0) is 4.79 Å². The number of amides is 2. The molecule has 4 atom stereocenters. The average Bonchev–Trinajstić information content (AvgIpc) is 3.25. The van der Waals surface area contributed by atoms with Gasteiger partial charge in [0.2, 0.25) is 0 Å². The number of hydrogen-bond acceptors (Lipinski definition) is 5. The van der Waals surface area contributed by atoms with Crippen LogP contribution in [0.25, 0.3) is 0 Å². The molecule has 3 radical (unpaired) electrons. The fraction of sp³-hybridized carbons (Fsp3) is 0.757. The van der Waals surface area contributed by atoms with Crippen LogP contribution in [-0.4, -0.2) is 61.0 Å². The van der Waals surface area contributed by atoms with E-state index < -0.39 is 5.97 Å². The van der Waals surface area contributed by atoms with E-state index in [0.29, 0.717) is 36.1 Å². The summed E-state index contributed by atoms with van der Waals surface area (Å²) in [5, 5.41) is 17.0. The fourth-order valence-corrected chi connectivity index (χ4v) is 4.31. The predicted molar refractivity (Wildman–Crippen MR) is 194 cm³/mol. The van der Waals surface area contributed by atoms with E-state index in [1.165, 1.54) is 43.4 Å². The number of aliphatic hydroxyl groups is 1. The van der Waals surface area contributed by atoms with Gasteiger partial charge < -0.3 is 17.4 Å². The second-order valence-electron chi connectivity index (χ2n) is 12.3. The third kappa shape index (κ3) is 25.8. The summed E-state index contributed by atoms with van der Waals surface area (Å²) < 4.78 is 0. The van der Waals surface area contributed by atoms with Gasteiger partial charge >= 0.3 is 35.5 Å². The van der Waals surface area contributed by atoms with Crippen molar-refractivity contribution >= 4 is 26.2 Å². The molecule has 0 bridgehead atoms. The van der Waals surface area contributed by atoms with Crippen molar-refractivity contribution in [3.63, 3.8) is 0 Å². The molecular formula is C37H71BN2NaO5. The van der Waals surface area contributed by atoms with E-state index in [1.807, 2.05) is 0 Å². The Balaban J connectivity index is -0.000000126. The molecular weight excluding hydrogens is 586 g/mol. The Morgan fingerprint density at radius 1 is 0.761 bits per heavy atom. The molecule has 1 heterocycles. The van der Waals surface area contributed by atoms with E-state index in [1.54, 1.807) is 31.2 Å². The molecule has 0 fully saturated rings. The number of unbranched alkanes of at least 4 members (excludes halogenated alkanes) is 4. The van der Waals surface area contributed by atoms with Gasteiger partial charge in [-0.25, -0.2) is 0 Å². The maximum atomic E-state index is 12.1. The number of rotatable bonds is 17. The van der Waals surface area contributed by atoms with Crippen LogP contribution in [0.1, 0.15) is 162 Å². The molecule has 9 heteroatoms. The average molecular weight is 658 g/mol. The van der Waals surface area contributed by atoms with Crippen LogP contribution in [0.15, 0.2) is 24.3 Å². The van der Waals surface area contributed by atoms with Crippen molar-refractivity contribution in [2.45, 2.75) is 140 Å². The minimum atomic E-state index is -0.677. The third-order valence-corrected chi connectivity index (χ3v) is 7.65. The maximum absolute atomic E-state index is 12.1. The number of carboxylic acids is 1. The van der Waals surface area contributed by atoms with Crippen LogP contribution in [0, 0.1) is 23.7 Å². The predicted octanol–water partition coefficient (Wildman–Crippen LogP) is 5.95. The molecule has 0 spiro atoms. The van der Waals surface area contributed by atoms with Gasteiger partial charge in [-0.2, -0.15) is 0 Å². The monoisotopic (exact) mass is 658 g/mol. The van der Waals surface area contributed by atoms with Crippen molar-refractivity contribution in [3.8, 4) is 0 Å². The Morgan fingerprint density at radius 3 is 1.48 bits per heavy atom. The molecule has 4 N–H and O–H groups in total. The van der Waals surface area contributed by atoms with Gasteiger partial charge in [-0.15, -0.1) is 0 Å². The number of aliphatic hydroxyl groups excluding tert-OH is 1. The summed E-state index contributed by atoms with van der Waals surface area (Å²) in [6.07, 6.45) is 13.9. The Morgan fingerprint density at radius 2 is 1.13 bits per heavy atom. The van der Waals surface area contributed by atoms with Gasteiger partial charge in [0, 0.05) is 21.6 Å². The summed E-state index contributed by atoms with van der Waals surface area (Å²) in [6, 6.07) is 7.06. The quantitative estimate of drug-likeness (QED) is 0.141. The van der Waals surface area contributed by atoms with E-state index in [4.69, 9.17) is 15.9 Å². The number of fused-ring (bicyclic) bond motifs is 1. The van der Waals surface area contributed by atoms with Gasteiger partial charge in [0.05, 0.1) is 17.0 Å². The Kier molecular flexibility index (Phi) is 41.4. The van der Waals surface area contributed by atoms with Crippen molar-refractivity contribution in [1.29, 1.82) is 0 Å². The molecule has 1 aromatic carbocycles.